The van der Waals surface area contributed by atoms with E-state index in [2.05, 4.69) is 21.6 Å². The average Bonchev–Trinajstić information content (AvgIpc) is 3.17. The SMILES string of the molecule is C=CCc1cccc(F)c1C(=O)c1sc(Nc2ccc(S(=O)(=O)NCCCCO)cc2)nc1N. The van der Waals surface area contributed by atoms with Crippen molar-refractivity contribution >= 4 is 43.8 Å². The maximum atomic E-state index is 14.5. The van der Waals surface area contributed by atoms with Crippen molar-refractivity contribution in [3.63, 3.8) is 0 Å². The number of nitrogens with two attached hydrogens (primary N) is 1. The van der Waals surface area contributed by atoms with Crippen LogP contribution in [0, 0.1) is 5.82 Å². The number of aliphatic hydroxyl groups excluding tert-OH is 1. The quantitative estimate of drug-likeness (QED) is 0.168. The number of carbonyl (C=O) groups excluding carboxylic acids is 1. The fourth-order valence-corrected chi connectivity index (χ4v) is 5.10. The van der Waals surface area contributed by atoms with Gasteiger partial charge < -0.3 is 16.2 Å². The van der Waals surface area contributed by atoms with E-state index in [9.17, 15) is 17.6 Å². The third-order valence-electron chi connectivity index (χ3n) is 4.84. The van der Waals surface area contributed by atoms with E-state index in [1.165, 1.54) is 24.3 Å². The van der Waals surface area contributed by atoms with Crippen molar-refractivity contribution in [1.82, 2.24) is 9.71 Å². The average molecular weight is 505 g/mol. The van der Waals surface area contributed by atoms with Crippen LogP contribution in [0.1, 0.15) is 33.6 Å². The summed E-state index contributed by atoms with van der Waals surface area (Å²) in [6.45, 7) is 3.88. The van der Waals surface area contributed by atoms with Gasteiger partial charge in [-0.2, -0.15) is 0 Å². The van der Waals surface area contributed by atoms with Gasteiger partial charge in [-0.15, -0.1) is 6.58 Å². The molecule has 1 heterocycles. The monoisotopic (exact) mass is 504 g/mol. The normalized spacial score (nSPS) is 11.4. The number of carbonyl (C=O) groups is 1. The number of hydrogen-bond donors (Lipinski definition) is 4. The Kier molecular flexibility index (Phi) is 8.51. The molecule has 3 aromatic rings. The fourth-order valence-electron chi connectivity index (χ4n) is 3.18. The van der Waals surface area contributed by atoms with E-state index >= 15 is 0 Å². The van der Waals surface area contributed by atoms with Crippen molar-refractivity contribution in [3.05, 3.63) is 76.9 Å². The summed E-state index contributed by atoms with van der Waals surface area (Å²) in [6.07, 6.45) is 2.96. The number of thiazole rings is 1. The fraction of sp³-hybridized carbons (Fsp3) is 0.217. The van der Waals surface area contributed by atoms with E-state index in [4.69, 9.17) is 10.8 Å². The topological polar surface area (TPSA) is 134 Å². The van der Waals surface area contributed by atoms with Crippen LogP contribution in [0.3, 0.4) is 0 Å². The summed E-state index contributed by atoms with van der Waals surface area (Å²) in [7, 11) is -3.67. The molecule has 0 radical (unpaired) electrons. The molecule has 0 saturated carbocycles. The van der Waals surface area contributed by atoms with E-state index < -0.39 is 21.6 Å². The molecule has 0 unspecified atom stereocenters. The summed E-state index contributed by atoms with van der Waals surface area (Å²) in [5, 5.41) is 12.1. The van der Waals surface area contributed by atoms with Crippen LogP contribution in [-0.4, -0.2) is 37.4 Å². The lowest BCUT2D eigenvalue weighted by atomic mass is 9.99. The van der Waals surface area contributed by atoms with E-state index in [-0.39, 0.29) is 34.3 Å². The smallest absolute Gasteiger partial charge is 0.240 e. The Hall–Kier alpha value is -3.12. The van der Waals surface area contributed by atoms with Crippen LogP contribution in [0.4, 0.5) is 21.0 Å². The third kappa shape index (κ3) is 6.06. The van der Waals surface area contributed by atoms with Gasteiger partial charge in [0.05, 0.1) is 10.5 Å². The molecule has 1 aromatic heterocycles. The van der Waals surface area contributed by atoms with Crippen LogP contribution < -0.4 is 15.8 Å². The molecule has 0 spiro atoms. The van der Waals surface area contributed by atoms with Crippen molar-refractivity contribution < 1.29 is 22.7 Å². The summed E-state index contributed by atoms with van der Waals surface area (Å²) >= 11 is 0.978. The number of hydrogen-bond acceptors (Lipinski definition) is 8. The molecule has 0 atom stereocenters. The zero-order valence-corrected chi connectivity index (χ0v) is 19.9. The number of sulfonamides is 1. The number of halogens is 1. The van der Waals surface area contributed by atoms with Gasteiger partial charge in [-0.3, -0.25) is 4.79 Å². The second kappa shape index (κ2) is 11.3. The number of nitrogens with one attached hydrogen (secondary N) is 2. The van der Waals surface area contributed by atoms with Gasteiger partial charge in [0.1, 0.15) is 16.5 Å². The van der Waals surface area contributed by atoms with Crippen LogP contribution >= 0.6 is 11.3 Å². The lowest BCUT2D eigenvalue weighted by Gasteiger charge is -2.08. The molecule has 8 nitrogen and oxygen atoms in total. The maximum Gasteiger partial charge on any atom is 0.240 e. The molecule has 0 aliphatic heterocycles. The van der Waals surface area contributed by atoms with Crippen molar-refractivity contribution in [2.24, 2.45) is 0 Å². The Bertz CT molecular complexity index is 1270. The molecule has 5 N–H and O–H groups in total. The van der Waals surface area contributed by atoms with E-state index in [0.717, 1.165) is 11.3 Å². The van der Waals surface area contributed by atoms with E-state index in [1.807, 2.05) is 0 Å². The highest BCUT2D eigenvalue weighted by atomic mass is 32.2. The molecule has 3 rings (SSSR count). The molecule has 0 saturated heterocycles. The summed E-state index contributed by atoms with van der Waals surface area (Å²) < 4.78 is 41.6. The molecule has 0 fully saturated rings. The molecule has 0 aliphatic carbocycles. The number of unbranched alkanes of at least 4 members (excludes halogenated alkanes) is 1. The molecule has 180 valence electrons. The minimum absolute atomic E-state index is 0.00690. The number of allylic oxidation sites excluding steroid dienone is 1. The highest BCUT2D eigenvalue weighted by Crippen LogP contribution is 2.31. The standard InChI is InChI=1S/C23H25FN4O4S2/c1-2-6-15-7-5-8-18(24)19(15)20(30)21-22(25)28-23(33-21)27-16-9-11-17(12-10-16)34(31,32)26-13-3-4-14-29/h2,5,7-12,26,29H,1,3-4,6,13-14,25H2,(H,27,28). The van der Waals surface area contributed by atoms with Gasteiger partial charge in [0.25, 0.3) is 0 Å². The molecule has 0 bridgehead atoms. The largest absolute Gasteiger partial charge is 0.396 e. The summed E-state index contributed by atoms with van der Waals surface area (Å²) in [6, 6.07) is 10.4. The third-order valence-corrected chi connectivity index (χ3v) is 7.31. The van der Waals surface area contributed by atoms with Crippen molar-refractivity contribution in [2.75, 3.05) is 24.2 Å². The van der Waals surface area contributed by atoms with Crippen LogP contribution in [0.25, 0.3) is 0 Å². The van der Waals surface area contributed by atoms with Gasteiger partial charge in [0.15, 0.2) is 5.13 Å². The number of ketones is 1. The number of anilines is 3. The number of benzene rings is 2. The Labute approximate surface area is 201 Å². The Balaban J connectivity index is 1.76. The van der Waals surface area contributed by atoms with Crippen LogP contribution in [0.15, 0.2) is 60.0 Å². The van der Waals surface area contributed by atoms with E-state index in [1.54, 1.807) is 24.3 Å². The van der Waals surface area contributed by atoms with Crippen molar-refractivity contribution in [2.45, 2.75) is 24.2 Å². The molecular formula is C23H25FN4O4S2. The van der Waals surface area contributed by atoms with Gasteiger partial charge >= 0.3 is 0 Å². The van der Waals surface area contributed by atoms with Crippen LogP contribution in [0.5, 0.6) is 0 Å². The van der Waals surface area contributed by atoms with Gasteiger partial charge in [-0.1, -0.05) is 29.5 Å². The first-order valence-electron chi connectivity index (χ1n) is 10.4. The molecule has 11 heteroatoms. The lowest BCUT2D eigenvalue weighted by Crippen LogP contribution is -2.24. The van der Waals surface area contributed by atoms with Crippen molar-refractivity contribution in [1.29, 1.82) is 0 Å². The first kappa shape index (κ1) is 25.5. The number of nitrogens with zero attached hydrogens (tertiary/aromatic N) is 1. The second-order valence-electron chi connectivity index (χ2n) is 7.31. The van der Waals surface area contributed by atoms with E-state index in [0.29, 0.717) is 35.6 Å². The van der Waals surface area contributed by atoms with Gasteiger partial charge in [0, 0.05) is 18.8 Å². The number of aromatic nitrogens is 1. The van der Waals surface area contributed by atoms with Gasteiger partial charge in [-0.05, 0) is 55.2 Å². The molecule has 2 aromatic carbocycles. The molecule has 34 heavy (non-hydrogen) atoms. The number of aliphatic hydroxyl groups is 1. The molecule has 0 amide bonds. The Morgan fingerprint density at radius 2 is 1.94 bits per heavy atom. The maximum absolute atomic E-state index is 14.5. The summed E-state index contributed by atoms with van der Waals surface area (Å²) in [5.41, 5.74) is 6.92. The highest BCUT2D eigenvalue weighted by Gasteiger charge is 2.23. The van der Waals surface area contributed by atoms with Crippen LogP contribution in [-0.2, 0) is 16.4 Å². The molecule has 0 aliphatic rings. The van der Waals surface area contributed by atoms with Gasteiger partial charge in [-0.25, -0.2) is 22.5 Å². The zero-order chi connectivity index (χ0) is 24.7. The second-order valence-corrected chi connectivity index (χ2v) is 10.1. The Morgan fingerprint density at radius 3 is 2.62 bits per heavy atom. The first-order valence-corrected chi connectivity index (χ1v) is 12.7. The van der Waals surface area contributed by atoms with Crippen LogP contribution in [0.2, 0.25) is 0 Å². The lowest BCUT2D eigenvalue weighted by molar-refractivity contribution is 0.103. The zero-order valence-electron chi connectivity index (χ0n) is 18.3. The van der Waals surface area contributed by atoms with Gasteiger partial charge in [0.2, 0.25) is 15.8 Å². The first-order chi connectivity index (χ1) is 16.3. The minimum atomic E-state index is -3.67. The molecular weight excluding hydrogens is 479 g/mol. The summed E-state index contributed by atoms with van der Waals surface area (Å²) in [5.74, 6) is -1.24. The highest BCUT2D eigenvalue weighted by molar-refractivity contribution is 7.89. The summed E-state index contributed by atoms with van der Waals surface area (Å²) in [4.78, 5) is 17.4. The predicted molar refractivity (Wildman–Crippen MR) is 131 cm³/mol. The number of rotatable bonds is 12. The number of nitrogen functional groups attached to an aromatic ring is 1. The minimum Gasteiger partial charge on any atom is -0.396 e. The predicted octanol–water partition coefficient (Wildman–Crippen LogP) is 3.62. The Morgan fingerprint density at radius 1 is 1.21 bits per heavy atom. The van der Waals surface area contributed by atoms with Crippen molar-refractivity contribution in [3.8, 4) is 0 Å².